The Morgan fingerprint density at radius 2 is 1.79 bits per heavy atom. The van der Waals surface area contributed by atoms with Crippen LogP contribution in [0.3, 0.4) is 0 Å². The molecular formula is C15H12F2O2. The summed E-state index contributed by atoms with van der Waals surface area (Å²) in [5.74, 6) is -1.59. The van der Waals surface area contributed by atoms with Crippen molar-refractivity contribution in [3.63, 3.8) is 0 Å². The lowest BCUT2D eigenvalue weighted by Gasteiger charge is -2.09. The molecule has 98 valence electrons. The van der Waals surface area contributed by atoms with E-state index in [0.717, 1.165) is 11.6 Å². The van der Waals surface area contributed by atoms with Crippen LogP contribution in [-0.4, -0.2) is 12.9 Å². The Kier molecular flexibility index (Phi) is 3.60. The average molecular weight is 262 g/mol. The van der Waals surface area contributed by atoms with Crippen LogP contribution in [0.15, 0.2) is 36.4 Å². The van der Waals surface area contributed by atoms with E-state index in [1.807, 2.05) is 0 Å². The molecule has 0 saturated heterocycles. The van der Waals surface area contributed by atoms with Crippen LogP contribution < -0.4 is 4.74 Å². The van der Waals surface area contributed by atoms with Gasteiger partial charge in [0, 0.05) is 0 Å². The smallest absolute Gasteiger partial charge is 0.199 e. The van der Waals surface area contributed by atoms with Gasteiger partial charge in [0.25, 0.3) is 0 Å². The summed E-state index contributed by atoms with van der Waals surface area (Å²) < 4.78 is 31.9. The van der Waals surface area contributed by atoms with Gasteiger partial charge in [-0.3, -0.25) is 4.79 Å². The molecule has 0 aliphatic heterocycles. The summed E-state index contributed by atoms with van der Waals surface area (Å²) in [4.78, 5) is 12.3. The van der Waals surface area contributed by atoms with Gasteiger partial charge in [-0.2, -0.15) is 0 Å². The van der Waals surface area contributed by atoms with Gasteiger partial charge >= 0.3 is 0 Å². The highest BCUT2D eigenvalue weighted by atomic mass is 19.1. The summed E-state index contributed by atoms with van der Waals surface area (Å²) in [6, 6.07) is 7.78. The van der Waals surface area contributed by atoms with E-state index in [2.05, 4.69) is 0 Å². The molecule has 19 heavy (non-hydrogen) atoms. The molecule has 0 radical (unpaired) electrons. The molecule has 4 heteroatoms. The molecule has 2 aromatic carbocycles. The zero-order chi connectivity index (χ0) is 14.0. The van der Waals surface area contributed by atoms with Crippen molar-refractivity contribution in [3.8, 4) is 5.75 Å². The van der Waals surface area contributed by atoms with Gasteiger partial charge < -0.3 is 4.74 Å². The number of rotatable bonds is 3. The standard InChI is InChI=1S/C15H12F2O2/c1-9-3-5-13(17)11(7-9)15(18)12-8-10(16)4-6-14(12)19-2/h3-8H,1-2H3. The van der Waals surface area contributed by atoms with Crippen LogP contribution in [-0.2, 0) is 0 Å². The zero-order valence-electron chi connectivity index (χ0n) is 10.5. The fourth-order valence-electron chi connectivity index (χ4n) is 1.82. The molecule has 0 bridgehead atoms. The second kappa shape index (κ2) is 5.18. The van der Waals surface area contributed by atoms with Crippen molar-refractivity contribution < 1.29 is 18.3 Å². The Balaban J connectivity index is 2.55. The number of aryl methyl sites for hydroxylation is 1. The number of hydrogen-bond donors (Lipinski definition) is 0. The second-order valence-electron chi connectivity index (χ2n) is 4.16. The first-order valence-electron chi connectivity index (χ1n) is 5.67. The molecule has 0 aromatic heterocycles. The number of methoxy groups -OCH3 is 1. The van der Waals surface area contributed by atoms with Crippen LogP contribution in [0.1, 0.15) is 21.5 Å². The molecule has 0 spiro atoms. The van der Waals surface area contributed by atoms with Crippen molar-refractivity contribution in [1.29, 1.82) is 0 Å². The summed E-state index contributed by atoms with van der Waals surface area (Å²) in [5.41, 5.74) is 0.663. The normalized spacial score (nSPS) is 10.3. The number of benzene rings is 2. The molecular weight excluding hydrogens is 250 g/mol. The van der Waals surface area contributed by atoms with Crippen LogP contribution in [0.2, 0.25) is 0 Å². The lowest BCUT2D eigenvalue weighted by Crippen LogP contribution is -2.07. The van der Waals surface area contributed by atoms with Crippen LogP contribution >= 0.6 is 0 Å². The summed E-state index contributed by atoms with van der Waals surface area (Å²) in [5, 5.41) is 0. The third kappa shape index (κ3) is 2.62. The van der Waals surface area contributed by atoms with Crippen molar-refractivity contribution in [2.24, 2.45) is 0 Å². The number of hydrogen-bond acceptors (Lipinski definition) is 2. The van der Waals surface area contributed by atoms with Gasteiger partial charge in [0.1, 0.15) is 17.4 Å². The van der Waals surface area contributed by atoms with E-state index in [0.29, 0.717) is 0 Å². The lowest BCUT2D eigenvalue weighted by molar-refractivity contribution is 0.103. The Hall–Kier alpha value is -2.23. The first-order valence-corrected chi connectivity index (χ1v) is 5.67. The predicted molar refractivity (Wildman–Crippen MR) is 67.5 cm³/mol. The van der Waals surface area contributed by atoms with Gasteiger partial charge in [-0.25, -0.2) is 8.78 Å². The zero-order valence-corrected chi connectivity index (χ0v) is 10.5. The van der Waals surface area contributed by atoms with Gasteiger partial charge in [-0.15, -0.1) is 0 Å². The lowest BCUT2D eigenvalue weighted by atomic mass is 10.00. The molecule has 0 unspecified atom stereocenters. The van der Waals surface area contributed by atoms with E-state index >= 15 is 0 Å². The first-order chi connectivity index (χ1) is 9.02. The molecule has 2 aromatic rings. The van der Waals surface area contributed by atoms with Crippen molar-refractivity contribution >= 4 is 5.78 Å². The number of halogens is 2. The highest BCUT2D eigenvalue weighted by molar-refractivity contribution is 6.11. The maximum Gasteiger partial charge on any atom is 0.199 e. The summed E-state index contributed by atoms with van der Waals surface area (Å²) >= 11 is 0. The Bertz CT molecular complexity index is 636. The fourth-order valence-corrected chi connectivity index (χ4v) is 1.82. The van der Waals surface area contributed by atoms with Gasteiger partial charge in [-0.1, -0.05) is 11.6 Å². The van der Waals surface area contributed by atoms with Crippen LogP contribution in [0.5, 0.6) is 5.75 Å². The number of ether oxygens (including phenoxy) is 1. The maximum absolute atomic E-state index is 13.7. The number of carbonyl (C=O) groups excluding carboxylic acids is 1. The van der Waals surface area contributed by atoms with E-state index in [1.165, 1.54) is 31.4 Å². The molecule has 2 nitrogen and oxygen atoms in total. The quantitative estimate of drug-likeness (QED) is 0.791. The minimum absolute atomic E-state index is 0.00648. The molecule has 0 amide bonds. The third-order valence-electron chi connectivity index (χ3n) is 2.77. The highest BCUT2D eigenvalue weighted by Crippen LogP contribution is 2.24. The molecule has 0 aliphatic carbocycles. The Morgan fingerprint density at radius 1 is 1.05 bits per heavy atom. The number of ketones is 1. The van der Waals surface area contributed by atoms with E-state index in [1.54, 1.807) is 13.0 Å². The first kappa shape index (κ1) is 13.2. The van der Waals surface area contributed by atoms with Gasteiger partial charge in [0.2, 0.25) is 0 Å². The molecule has 0 saturated carbocycles. The third-order valence-corrected chi connectivity index (χ3v) is 2.77. The van der Waals surface area contributed by atoms with Crippen molar-refractivity contribution in [2.75, 3.05) is 7.11 Å². The van der Waals surface area contributed by atoms with E-state index in [4.69, 9.17) is 4.74 Å². The van der Waals surface area contributed by atoms with Gasteiger partial charge in [0.05, 0.1) is 18.2 Å². The van der Waals surface area contributed by atoms with Crippen molar-refractivity contribution in [3.05, 3.63) is 64.7 Å². The second-order valence-corrected chi connectivity index (χ2v) is 4.16. The monoisotopic (exact) mass is 262 g/mol. The molecule has 0 aliphatic rings. The fraction of sp³-hybridized carbons (Fsp3) is 0.133. The summed E-state index contributed by atoms with van der Waals surface area (Å²) in [6.45, 7) is 1.75. The topological polar surface area (TPSA) is 26.3 Å². The van der Waals surface area contributed by atoms with Crippen LogP contribution in [0, 0.1) is 18.6 Å². The molecule has 0 heterocycles. The molecule has 0 N–H and O–H groups in total. The Morgan fingerprint density at radius 3 is 2.47 bits per heavy atom. The van der Waals surface area contributed by atoms with Crippen molar-refractivity contribution in [2.45, 2.75) is 6.92 Å². The Labute approximate surface area is 109 Å². The van der Waals surface area contributed by atoms with Crippen LogP contribution in [0.25, 0.3) is 0 Å². The SMILES string of the molecule is COc1ccc(F)cc1C(=O)c1cc(C)ccc1F. The van der Waals surface area contributed by atoms with Gasteiger partial charge in [0.15, 0.2) is 5.78 Å². The largest absolute Gasteiger partial charge is 0.496 e. The van der Waals surface area contributed by atoms with Crippen molar-refractivity contribution in [1.82, 2.24) is 0 Å². The van der Waals surface area contributed by atoms with Gasteiger partial charge in [-0.05, 0) is 37.3 Å². The maximum atomic E-state index is 13.7. The van der Waals surface area contributed by atoms with Crippen LogP contribution in [0.4, 0.5) is 8.78 Å². The molecule has 2 rings (SSSR count). The molecule has 0 fully saturated rings. The summed E-state index contributed by atoms with van der Waals surface area (Å²) in [6.07, 6.45) is 0. The van der Waals surface area contributed by atoms with E-state index in [-0.39, 0.29) is 16.9 Å². The van der Waals surface area contributed by atoms with E-state index < -0.39 is 17.4 Å². The van der Waals surface area contributed by atoms with E-state index in [9.17, 15) is 13.6 Å². The predicted octanol–water partition coefficient (Wildman–Crippen LogP) is 3.51. The minimum atomic E-state index is -0.637. The average Bonchev–Trinajstić information content (AvgIpc) is 2.40. The summed E-state index contributed by atoms with van der Waals surface area (Å²) in [7, 11) is 1.37. The number of carbonyl (C=O) groups is 1. The molecule has 0 atom stereocenters. The minimum Gasteiger partial charge on any atom is -0.496 e. The highest BCUT2D eigenvalue weighted by Gasteiger charge is 2.18.